The minimum atomic E-state index is -1.35. The van der Waals surface area contributed by atoms with Crippen LogP contribution in [0.15, 0.2) is 67.0 Å². The summed E-state index contributed by atoms with van der Waals surface area (Å²) in [7, 11) is 0. The van der Waals surface area contributed by atoms with Gasteiger partial charge >= 0.3 is 0 Å². The Morgan fingerprint density at radius 1 is 1.43 bits per heavy atom. The molecule has 4 nitrogen and oxygen atoms in total. The zero-order valence-electron chi connectivity index (χ0n) is 12.6. The van der Waals surface area contributed by atoms with Gasteiger partial charge in [0.2, 0.25) is 5.91 Å². The molecule has 1 saturated heterocycles. The molecule has 1 spiro atoms. The number of aliphatic hydroxyl groups is 1. The Morgan fingerprint density at radius 2 is 2.17 bits per heavy atom. The van der Waals surface area contributed by atoms with Gasteiger partial charge in [-0.15, -0.1) is 6.58 Å². The number of rotatable bonds is 3. The van der Waals surface area contributed by atoms with Crippen molar-refractivity contribution in [2.75, 3.05) is 11.5 Å². The van der Waals surface area contributed by atoms with Crippen LogP contribution >= 0.6 is 0 Å². The minimum absolute atomic E-state index is 0.160. The summed E-state index contributed by atoms with van der Waals surface area (Å²) >= 11 is 0. The number of allylic oxidation sites excluding steroid dienone is 1. The summed E-state index contributed by atoms with van der Waals surface area (Å²) in [6.07, 6.45) is 4.83. The Balaban J connectivity index is 2.07. The topological polar surface area (TPSA) is 49.8 Å². The van der Waals surface area contributed by atoms with Crippen LogP contribution in [0.3, 0.4) is 0 Å². The lowest BCUT2D eigenvalue weighted by atomic mass is 9.94. The number of carbonyl (C=O) groups is 1. The second kappa shape index (κ2) is 6.10. The molecule has 0 radical (unpaired) electrons. The van der Waals surface area contributed by atoms with Gasteiger partial charge in [-0.1, -0.05) is 24.3 Å². The van der Waals surface area contributed by atoms with E-state index >= 15 is 0 Å². The monoisotopic (exact) mass is 315 g/mol. The summed E-state index contributed by atoms with van der Waals surface area (Å²) in [6, 6.07) is 8.97. The van der Waals surface area contributed by atoms with Crippen molar-refractivity contribution in [2.24, 2.45) is 5.92 Å². The van der Waals surface area contributed by atoms with Crippen molar-refractivity contribution >= 4 is 11.6 Å². The molecule has 0 bridgehead atoms. The minimum Gasteiger partial charge on any atom is -0.382 e. The van der Waals surface area contributed by atoms with Crippen LogP contribution in [0.1, 0.15) is 6.42 Å². The third-order valence-corrected chi connectivity index (χ3v) is 4.04. The number of halogens is 1. The summed E-state index contributed by atoms with van der Waals surface area (Å²) in [5.74, 6) is -1.26. The van der Waals surface area contributed by atoms with Gasteiger partial charge in [0.1, 0.15) is 11.9 Å². The maximum Gasteiger partial charge on any atom is 0.235 e. The quantitative estimate of drug-likeness (QED) is 0.873. The van der Waals surface area contributed by atoms with Gasteiger partial charge in [-0.05, 0) is 30.7 Å². The molecule has 1 heterocycles. The molecular weight excluding hydrogens is 297 g/mol. The number of ether oxygens (including phenoxy) is 1. The van der Waals surface area contributed by atoms with Crippen LogP contribution in [0.25, 0.3) is 0 Å². The summed E-state index contributed by atoms with van der Waals surface area (Å²) in [4.78, 5) is 14.4. The molecule has 3 rings (SSSR count). The van der Waals surface area contributed by atoms with Gasteiger partial charge in [-0.3, -0.25) is 9.69 Å². The summed E-state index contributed by atoms with van der Waals surface area (Å²) in [5.41, 5.74) is -0.740. The zero-order valence-corrected chi connectivity index (χ0v) is 12.6. The number of nitrogens with zero attached hydrogens (tertiary/aromatic N) is 1. The molecule has 0 saturated carbocycles. The van der Waals surface area contributed by atoms with Crippen molar-refractivity contribution in [3.05, 3.63) is 67.0 Å². The van der Waals surface area contributed by atoms with Gasteiger partial charge in [-0.25, -0.2) is 4.39 Å². The van der Waals surface area contributed by atoms with E-state index in [-0.39, 0.29) is 18.4 Å². The molecule has 120 valence electrons. The zero-order chi connectivity index (χ0) is 16.4. The van der Waals surface area contributed by atoms with E-state index < -0.39 is 17.7 Å². The highest BCUT2D eigenvalue weighted by molar-refractivity contribution is 5.98. The largest absolute Gasteiger partial charge is 0.382 e. The molecule has 1 aliphatic carbocycles. The van der Waals surface area contributed by atoms with E-state index in [0.717, 1.165) is 6.08 Å². The predicted molar refractivity (Wildman–Crippen MR) is 85.3 cm³/mol. The SMILES string of the molecule is C=CCC1COC2(C=CC(O)C(F)=C2)N(c2ccccc2)C1=O. The second-order valence-electron chi connectivity index (χ2n) is 5.63. The predicted octanol–water partition coefficient (Wildman–Crippen LogP) is 2.72. The van der Waals surface area contributed by atoms with Gasteiger partial charge in [0.25, 0.3) is 0 Å². The molecular formula is C18H18FNO3. The highest BCUT2D eigenvalue weighted by atomic mass is 19.1. The van der Waals surface area contributed by atoms with E-state index in [0.29, 0.717) is 12.1 Å². The number of hydrogen-bond donors (Lipinski definition) is 1. The Kier molecular flexibility index (Phi) is 4.15. The van der Waals surface area contributed by atoms with Crippen molar-refractivity contribution in [1.82, 2.24) is 0 Å². The lowest BCUT2D eigenvalue weighted by Gasteiger charge is -2.46. The lowest BCUT2D eigenvalue weighted by molar-refractivity contribution is -0.137. The highest BCUT2D eigenvalue weighted by Crippen LogP contribution is 2.38. The molecule has 1 amide bonds. The first-order valence-corrected chi connectivity index (χ1v) is 7.47. The van der Waals surface area contributed by atoms with Gasteiger partial charge in [0, 0.05) is 11.8 Å². The van der Waals surface area contributed by atoms with Gasteiger partial charge in [0.05, 0.1) is 12.5 Å². The second-order valence-corrected chi connectivity index (χ2v) is 5.63. The van der Waals surface area contributed by atoms with E-state index in [2.05, 4.69) is 6.58 Å². The standard InChI is InChI=1S/C18H18FNO3/c1-2-6-13-12-23-18(10-9-16(21)15(19)11-18)20(17(13)22)14-7-4-3-5-8-14/h2-5,7-11,13,16,21H,1,6,12H2. The molecule has 3 unspecified atom stereocenters. The average Bonchev–Trinajstić information content (AvgIpc) is 2.55. The van der Waals surface area contributed by atoms with E-state index in [4.69, 9.17) is 4.74 Å². The normalized spacial score (nSPS) is 30.4. The van der Waals surface area contributed by atoms with Crippen LogP contribution in [0.5, 0.6) is 0 Å². The number of amides is 1. The number of para-hydroxylation sites is 1. The maximum atomic E-state index is 14.0. The molecule has 1 fully saturated rings. The molecule has 23 heavy (non-hydrogen) atoms. The first kappa shape index (κ1) is 15.6. The fourth-order valence-electron chi connectivity index (χ4n) is 2.88. The summed E-state index contributed by atoms with van der Waals surface area (Å²) in [6.45, 7) is 3.83. The molecule has 1 aromatic carbocycles. The third kappa shape index (κ3) is 2.73. The average molecular weight is 315 g/mol. The number of hydrogen-bond acceptors (Lipinski definition) is 3. The maximum absolute atomic E-state index is 14.0. The van der Waals surface area contributed by atoms with Gasteiger partial charge < -0.3 is 9.84 Å². The Bertz CT molecular complexity index is 670. The fraction of sp³-hybridized carbons (Fsp3) is 0.278. The molecule has 1 aliphatic heterocycles. The van der Waals surface area contributed by atoms with Crippen molar-refractivity contribution in [1.29, 1.82) is 0 Å². The van der Waals surface area contributed by atoms with Crippen molar-refractivity contribution in [2.45, 2.75) is 18.2 Å². The molecule has 0 aromatic heterocycles. The van der Waals surface area contributed by atoms with Crippen LogP contribution in [-0.2, 0) is 9.53 Å². The van der Waals surface area contributed by atoms with E-state index in [9.17, 15) is 14.3 Å². The van der Waals surface area contributed by atoms with E-state index in [1.807, 2.05) is 6.07 Å². The van der Waals surface area contributed by atoms with Crippen LogP contribution in [-0.4, -0.2) is 29.4 Å². The Hall–Kier alpha value is -2.24. The van der Waals surface area contributed by atoms with Crippen LogP contribution in [0.2, 0.25) is 0 Å². The van der Waals surface area contributed by atoms with E-state index in [1.165, 1.54) is 17.1 Å². The van der Waals surface area contributed by atoms with Gasteiger partial charge in [0.15, 0.2) is 5.72 Å². The summed E-state index contributed by atoms with van der Waals surface area (Å²) < 4.78 is 19.9. The summed E-state index contributed by atoms with van der Waals surface area (Å²) in [5, 5.41) is 9.55. The Morgan fingerprint density at radius 3 is 2.83 bits per heavy atom. The first-order valence-electron chi connectivity index (χ1n) is 7.47. The molecule has 5 heteroatoms. The number of aliphatic hydroxyl groups excluding tert-OH is 1. The number of benzene rings is 1. The van der Waals surface area contributed by atoms with Crippen molar-refractivity contribution in [3.63, 3.8) is 0 Å². The third-order valence-electron chi connectivity index (χ3n) is 4.04. The van der Waals surface area contributed by atoms with Crippen molar-refractivity contribution < 1.29 is 19.0 Å². The molecule has 2 aliphatic rings. The first-order chi connectivity index (χ1) is 11.1. The van der Waals surface area contributed by atoms with Crippen LogP contribution in [0.4, 0.5) is 10.1 Å². The number of carbonyl (C=O) groups excluding carboxylic acids is 1. The number of anilines is 1. The molecule has 3 atom stereocenters. The van der Waals surface area contributed by atoms with E-state index in [1.54, 1.807) is 30.3 Å². The fourth-order valence-corrected chi connectivity index (χ4v) is 2.88. The molecule has 1 N–H and O–H groups in total. The van der Waals surface area contributed by atoms with Crippen LogP contribution < -0.4 is 4.90 Å². The Labute approximate surface area is 134 Å². The lowest BCUT2D eigenvalue weighted by Crippen LogP contribution is -2.60. The smallest absolute Gasteiger partial charge is 0.235 e. The van der Waals surface area contributed by atoms with Gasteiger partial charge in [-0.2, -0.15) is 0 Å². The van der Waals surface area contributed by atoms with Crippen molar-refractivity contribution in [3.8, 4) is 0 Å². The highest BCUT2D eigenvalue weighted by Gasteiger charge is 2.47. The molecule has 1 aromatic rings. The van der Waals surface area contributed by atoms with Crippen LogP contribution in [0, 0.1) is 5.92 Å².